The van der Waals surface area contributed by atoms with Crippen LogP contribution in [0.15, 0.2) is 12.3 Å². The molecule has 1 aromatic rings. The Morgan fingerprint density at radius 2 is 2.31 bits per heavy atom. The van der Waals surface area contributed by atoms with Gasteiger partial charge >= 0.3 is 0 Å². The number of carbonyl (C=O) groups excluding carboxylic acids is 1. The first-order valence-corrected chi connectivity index (χ1v) is 5.53. The smallest absolute Gasteiger partial charge is 0.255 e. The molecule has 0 aromatic carbocycles. The molecule has 0 aliphatic carbocycles. The number of carbonyl (C=O) groups is 1. The first-order valence-electron chi connectivity index (χ1n) is 5.15. The molecule has 0 spiro atoms. The lowest BCUT2D eigenvalue weighted by Crippen LogP contribution is -2.34. The van der Waals surface area contributed by atoms with Gasteiger partial charge in [0, 0.05) is 19.3 Å². The lowest BCUT2D eigenvalue weighted by Gasteiger charge is -2.24. The Morgan fingerprint density at radius 1 is 1.69 bits per heavy atom. The van der Waals surface area contributed by atoms with E-state index >= 15 is 0 Å². The Labute approximate surface area is 100 Å². The average Bonchev–Trinajstić information content (AvgIpc) is 2.29. The van der Waals surface area contributed by atoms with Crippen molar-refractivity contribution >= 4 is 23.3 Å². The molecule has 1 rings (SSSR count). The van der Waals surface area contributed by atoms with Crippen LogP contribution in [0, 0.1) is 0 Å². The summed E-state index contributed by atoms with van der Waals surface area (Å²) in [6.45, 7) is 4.01. The van der Waals surface area contributed by atoms with Crippen LogP contribution in [0.2, 0.25) is 5.02 Å². The third-order valence-corrected chi connectivity index (χ3v) is 2.98. The third-order valence-electron chi connectivity index (χ3n) is 2.68. The summed E-state index contributed by atoms with van der Waals surface area (Å²) in [7, 11) is 1.75. The highest BCUT2D eigenvalue weighted by molar-refractivity contribution is 6.33. The van der Waals surface area contributed by atoms with E-state index in [0.717, 1.165) is 6.42 Å². The van der Waals surface area contributed by atoms with Gasteiger partial charge in [-0.15, -0.1) is 0 Å². The van der Waals surface area contributed by atoms with Crippen molar-refractivity contribution in [2.24, 2.45) is 0 Å². The first-order chi connectivity index (χ1) is 7.47. The van der Waals surface area contributed by atoms with Crippen LogP contribution in [0.25, 0.3) is 0 Å². The molecule has 0 fully saturated rings. The molecule has 2 N–H and O–H groups in total. The topological polar surface area (TPSA) is 59.2 Å². The van der Waals surface area contributed by atoms with E-state index in [4.69, 9.17) is 17.3 Å². The lowest BCUT2D eigenvalue weighted by atomic mass is 10.2. The van der Waals surface area contributed by atoms with Gasteiger partial charge in [0.2, 0.25) is 0 Å². The van der Waals surface area contributed by atoms with Crippen molar-refractivity contribution < 1.29 is 4.79 Å². The second-order valence-corrected chi connectivity index (χ2v) is 4.17. The molecule has 16 heavy (non-hydrogen) atoms. The summed E-state index contributed by atoms with van der Waals surface area (Å²) in [6.07, 6.45) is 2.29. The Hall–Kier alpha value is -1.29. The predicted molar refractivity (Wildman–Crippen MR) is 65.5 cm³/mol. The van der Waals surface area contributed by atoms with Gasteiger partial charge in [-0.25, -0.2) is 4.98 Å². The summed E-state index contributed by atoms with van der Waals surface area (Å²) in [5, 5.41) is 0.328. The highest BCUT2D eigenvalue weighted by Crippen LogP contribution is 2.19. The molecule has 0 radical (unpaired) electrons. The maximum Gasteiger partial charge on any atom is 0.255 e. The second kappa shape index (κ2) is 5.16. The van der Waals surface area contributed by atoms with Gasteiger partial charge in [0.15, 0.2) is 0 Å². The number of pyridine rings is 1. The van der Waals surface area contributed by atoms with E-state index in [9.17, 15) is 4.79 Å². The van der Waals surface area contributed by atoms with E-state index in [-0.39, 0.29) is 11.9 Å². The summed E-state index contributed by atoms with van der Waals surface area (Å²) >= 11 is 5.92. The number of hydrogen-bond acceptors (Lipinski definition) is 3. The quantitative estimate of drug-likeness (QED) is 0.883. The van der Waals surface area contributed by atoms with Crippen molar-refractivity contribution in [3.05, 3.63) is 22.8 Å². The van der Waals surface area contributed by atoms with Crippen LogP contribution < -0.4 is 5.73 Å². The molecular weight excluding hydrogens is 226 g/mol. The summed E-state index contributed by atoms with van der Waals surface area (Å²) in [5.41, 5.74) is 5.93. The van der Waals surface area contributed by atoms with Gasteiger partial charge in [0.25, 0.3) is 5.91 Å². The maximum atomic E-state index is 12.1. The van der Waals surface area contributed by atoms with Gasteiger partial charge in [-0.2, -0.15) is 0 Å². The number of anilines is 1. The number of nitrogens with zero attached hydrogens (tertiary/aromatic N) is 2. The van der Waals surface area contributed by atoms with Crippen molar-refractivity contribution in [3.63, 3.8) is 0 Å². The highest BCUT2D eigenvalue weighted by Gasteiger charge is 2.19. The van der Waals surface area contributed by atoms with Gasteiger partial charge in [-0.3, -0.25) is 4.79 Å². The van der Waals surface area contributed by atoms with Crippen LogP contribution in [0.5, 0.6) is 0 Å². The standard InChI is InChI=1S/C11H16ClN3O/c1-4-7(2)15(3)11(16)8-5-10(13)14-6-9(8)12/h5-7H,4H2,1-3H3,(H2,13,14). The average molecular weight is 242 g/mol. The second-order valence-electron chi connectivity index (χ2n) is 3.76. The van der Waals surface area contributed by atoms with Crippen molar-refractivity contribution in [2.75, 3.05) is 12.8 Å². The third kappa shape index (κ3) is 2.64. The summed E-state index contributed by atoms with van der Waals surface area (Å²) < 4.78 is 0. The summed E-state index contributed by atoms with van der Waals surface area (Å²) in [6, 6.07) is 1.67. The van der Waals surface area contributed by atoms with Crippen LogP contribution in [0.3, 0.4) is 0 Å². The van der Waals surface area contributed by atoms with Crippen molar-refractivity contribution in [1.29, 1.82) is 0 Å². The minimum Gasteiger partial charge on any atom is -0.384 e. The van der Waals surface area contributed by atoms with Gasteiger partial charge in [0.05, 0.1) is 10.6 Å². The largest absolute Gasteiger partial charge is 0.384 e. The minimum atomic E-state index is -0.131. The molecule has 0 aliphatic heterocycles. The molecular formula is C11H16ClN3O. The van der Waals surface area contributed by atoms with Crippen LogP contribution in [0.4, 0.5) is 5.82 Å². The summed E-state index contributed by atoms with van der Waals surface area (Å²) in [5.74, 6) is 0.166. The summed E-state index contributed by atoms with van der Waals surface area (Å²) in [4.78, 5) is 17.6. The first kappa shape index (κ1) is 12.8. The molecule has 0 aliphatic rings. The fourth-order valence-corrected chi connectivity index (χ4v) is 1.47. The fraction of sp³-hybridized carbons (Fsp3) is 0.455. The Kier molecular flexibility index (Phi) is 4.12. The van der Waals surface area contributed by atoms with Crippen LogP contribution in [-0.2, 0) is 0 Å². The number of amides is 1. The van der Waals surface area contributed by atoms with Crippen molar-refractivity contribution in [3.8, 4) is 0 Å². The monoisotopic (exact) mass is 241 g/mol. The number of nitrogen functional groups attached to an aromatic ring is 1. The van der Waals surface area contributed by atoms with E-state index < -0.39 is 0 Å². The Balaban J connectivity index is 3.00. The zero-order chi connectivity index (χ0) is 12.3. The molecule has 1 amide bonds. The molecule has 1 heterocycles. The van der Waals surface area contributed by atoms with E-state index in [1.54, 1.807) is 11.9 Å². The number of aromatic nitrogens is 1. The van der Waals surface area contributed by atoms with E-state index in [2.05, 4.69) is 4.98 Å². The SMILES string of the molecule is CCC(C)N(C)C(=O)c1cc(N)ncc1Cl. The highest BCUT2D eigenvalue weighted by atomic mass is 35.5. The number of rotatable bonds is 3. The fourth-order valence-electron chi connectivity index (χ4n) is 1.28. The molecule has 0 saturated carbocycles. The van der Waals surface area contributed by atoms with Crippen LogP contribution >= 0.6 is 11.6 Å². The van der Waals surface area contributed by atoms with Crippen molar-refractivity contribution in [1.82, 2.24) is 9.88 Å². The van der Waals surface area contributed by atoms with E-state index in [1.165, 1.54) is 12.3 Å². The van der Waals surface area contributed by atoms with Gasteiger partial charge in [-0.05, 0) is 19.4 Å². The zero-order valence-electron chi connectivity index (χ0n) is 9.70. The maximum absolute atomic E-state index is 12.1. The molecule has 0 bridgehead atoms. The number of halogens is 1. The van der Waals surface area contributed by atoms with Gasteiger partial charge in [0.1, 0.15) is 5.82 Å². The zero-order valence-corrected chi connectivity index (χ0v) is 10.5. The minimum absolute atomic E-state index is 0.131. The van der Waals surface area contributed by atoms with Crippen LogP contribution in [0.1, 0.15) is 30.6 Å². The van der Waals surface area contributed by atoms with E-state index in [0.29, 0.717) is 16.4 Å². The lowest BCUT2D eigenvalue weighted by molar-refractivity contribution is 0.0740. The molecule has 88 valence electrons. The predicted octanol–water partition coefficient (Wildman–Crippen LogP) is 2.19. The van der Waals surface area contributed by atoms with Gasteiger partial charge in [-0.1, -0.05) is 18.5 Å². The molecule has 4 nitrogen and oxygen atoms in total. The molecule has 1 atom stereocenters. The Bertz CT molecular complexity index is 395. The van der Waals surface area contributed by atoms with Gasteiger partial charge < -0.3 is 10.6 Å². The number of nitrogens with two attached hydrogens (primary N) is 1. The molecule has 0 saturated heterocycles. The molecule has 1 unspecified atom stereocenters. The van der Waals surface area contributed by atoms with Crippen molar-refractivity contribution in [2.45, 2.75) is 26.3 Å². The molecule has 5 heteroatoms. The normalized spacial score (nSPS) is 12.2. The Morgan fingerprint density at radius 3 is 2.88 bits per heavy atom. The number of hydrogen-bond donors (Lipinski definition) is 1. The molecule has 1 aromatic heterocycles. The van der Waals surface area contributed by atoms with Crippen LogP contribution in [-0.4, -0.2) is 28.9 Å². The van der Waals surface area contributed by atoms with E-state index in [1.807, 2.05) is 13.8 Å².